The lowest BCUT2D eigenvalue weighted by Gasteiger charge is -2.37. The Morgan fingerprint density at radius 2 is 1.71 bits per heavy atom. The van der Waals surface area contributed by atoms with Gasteiger partial charge in [-0.25, -0.2) is 8.78 Å². The molecule has 17 heavy (non-hydrogen) atoms. The van der Waals surface area contributed by atoms with E-state index < -0.39 is 22.7 Å². The Morgan fingerprint density at radius 3 is 2.18 bits per heavy atom. The SMILES string of the molecule is CC(C)(C)C(C)(O)Cc1c(F)ccc(Br)c1F. The lowest BCUT2D eigenvalue weighted by molar-refractivity contribution is -0.0417. The van der Waals surface area contributed by atoms with Crippen molar-refractivity contribution in [3.63, 3.8) is 0 Å². The lowest BCUT2D eigenvalue weighted by Crippen LogP contribution is -2.42. The highest BCUT2D eigenvalue weighted by molar-refractivity contribution is 9.10. The van der Waals surface area contributed by atoms with Crippen molar-refractivity contribution in [2.45, 2.75) is 39.7 Å². The molecule has 0 aromatic heterocycles. The summed E-state index contributed by atoms with van der Waals surface area (Å²) in [6.07, 6.45) is -0.0619. The first-order chi connectivity index (χ1) is 7.56. The van der Waals surface area contributed by atoms with E-state index in [2.05, 4.69) is 15.9 Å². The molecule has 0 spiro atoms. The average molecular weight is 307 g/mol. The Kier molecular flexibility index (Phi) is 3.99. The minimum atomic E-state index is -1.19. The molecule has 0 heterocycles. The highest BCUT2D eigenvalue weighted by atomic mass is 79.9. The fourth-order valence-corrected chi connectivity index (χ4v) is 1.71. The molecule has 0 radical (unpaired) electrons. The topological polar surface area (TPSA) is 20.2 Å². The van der Waals surface area contributed by atoms with Gasteiger partial charge in [0.25, 0.3) is 0 Å². The minimum Gasteiger partial charge on any atom is -0.389 e. The van der Waals surface area contributed by atoms with Crippen LogP contribution >= 0.6 is 15.9 Å². The third kappa shape index (κ3) is 3.05. The van der Waals surface area contributed by atoms with Gasteiger partial charge in [0, 0.05) is 12.0 Å². The average Bonchev–Trinajstić information content (AvgIpc) is 2.17. The Morgan fingerprint density at radius 1 is 1.18 bits per heavy atom. The van der Waals surface area contributed by atoms with E-state index in [4.69, 9.17) is 0 Å². The summed E-state index contributed by atoms with van der Waals surface area (Å²) in [5.74, 6) is -1.27. The van der Waals surface area contributed by atoms with Crippen molar-refractivity contribution in [3.8, 4) is 0 Å². The predicted molar refractivity (Wildman–Crippen MR) is 67.8 cm³/mol. The second-order valence-corrected chi connectivity index (χ2v) is 6.38. The minimum absolute atomic E-state index is 0.0619. The maximum absolute atomic E-state index is 13.8. The molecule has 4 heteroatoms. The highest BCUT2D eigenvalue weighted by Crippen LogP contribution is 2.35. The predicted octanol–water partition coefficient (Wildman–Crippen LogP) is 4.07. The zero-order valence-corrected chi connectivity index (χ0v) is 12.0. The zero-order valence-electron chi connectivity index (χ0n) is 10.4. The summed E-state index contributed by atoms with van der Waals surface area (Å²) in [7, 11) is 0. The largest absolute Gasteiger partial charge is 0.389 e. The zero-order chi connectivity index (χ0) is 13.4. The molecule has 0 saturated heterocycles. The molecule has 1 rings (SSSR count). The van der Waals surface area contributed by atoms with Crippen molar-refractivity contribution >= 4 is 15.9 Å². The van der Waals surface area contributed by atoms with Crippen molar-refractivity contribution in [1.82, 2.24) is 0 Å². The molecule has 1 unspecified atom stereocenters. The van der Waals surface area contributed by atoms with E-state index in [1.54, 1.807) is 6.92 Å². The molecule has 1 N–H and O–H groups in total. The van der Waals surface area contributed by atoms with Gasteiger partial charge >= 0.3 is 0 Å². The van der Waals surface area contributed by atoms with Gasteiger partial charge in [-0.05, 0) is 40.4 Å². The number of aliphatic hydroxyl groups is 1. The van der Waals surface area contributed by atoms with Crippen LogP contribution in [0.25, 0.3) is 0 Å². The highest BCUT2D eigenvalue weighted by Gasteiger charge is 2.37. The monoisotopic (exact) mass is 306 g/mol. The van der Waals surface area contributed by atoms with Crippen LogP contribution in [-0.2, 0) is 6.42 Å². The van der Waals surface area contributed by atoms with Crippen molar-refractivity contribution in [2.24, 2.45) is 5.41 Å². The van der Waals surface area contributed by atoms with Crippen molar-refractivity contribution in [3.05, 3.63) is 33.8 Å². The van der Waals surface area contributed by atoms with Crippen molar-refractivity contribution in [2.75, 3.05) is 0 Å². The lowest BCUT2D eigenvalue weighted by atomic mass is 9.74. The van der Waals surface area contributed by atoms with E-state index in [-0.39, 0.29) is 16.5 Å². The summed E-state index contributed by atoms with van der Waals surface area (Å²) >= 11 is 3.01. The van der Waals surface area contributed by atoms with Gasteiger partial charge in [0.05, 0.1) is 10.1 Å². The first-order valence-electron chi connectivity index (χ1n) is 5.41. The van der Waals surface area contributed by atoms with Gasteiger partial charge in [0.2, 0.25) is 0 Å². The van der Waals surface area contributed by atoms with Crippen LogP contribution in [0.1, 0.15) is 33.3 Å². The van der Waals surface area contributed by atoms with E-state index in [9.17, 15) is 13.9 Å². The van der Waals surface area contributed by atoms with Gasteiger partial charge < -0.3 is 5.11 Å². The maximum atomic E-state index is 13.8. The van der Waals surface area contributed by atoms with Gasteiger partial charge in [-0.3, -0.25) is 0 Å². The summed E-state index contributed by atoms with van der Waals surface area (Å²) in [6.45, 7) is 7.09. The Bertz CT molecular complexity index is 422. The standard InChI is InChI=1S/C13H17BrF2O/c1-12(2,3)13(4,17)7-8-10(15)6-5-9(14)11(8)16/h5-6,17H,7H2,1-4H3. The van der Waals surface area contributed by atoms with Gasteiger partial charge in [-0.1, -0.05) is 20.8 Å². The van der Waals surface area contributed by atoms with Crippen LogP contribution in [-0.4, -0.2) is 10.7 Å². The molecule has 1 aromatic carbocycles. The first kappa shape index (κ1) is 14.6. The summed E-state index contributed by atoms with van der Waals surface area (Å²) in [4.78, 5) is 0. The molecule has 96 valence electrons. The van der Waals surface area contributed by atoms with Crippen LogP contribution in [0.15, 0.2) is 16.6 Å². The third-order valence-electron chi connectivity index (χ3n) is 3.28. The maximum Gasteiger partial charge on any atom is 0.143 e. The fraction of sp³-hybridized carbons (Fsp3) is 0.538. The van der Waals surface area contributed by atoms with Gasteiger partial charge in [0.1, 0.15) is 11.6 Å². The van der Waals surface area contributed by atoms with Crippen LogP contribution in [0.3, 0.4) is 0 Å². The molecule has 0 amide bonds. The van der Waals surface area contributed by atoms with Crippen LogP contribution in [0.2, 0.25) is 0 Å². The molecule has 0 aliphatic rings. The van der Waals surface area contributed by atoms with Crippen LogP contribution in [0.4, 0.5) is 8.78 Å². The number of benzene rings is 1. The molecule has 1 atom stereocenters. The molecule has 0 fully saturated rings. The Labute approximate surface area is 109 Å². The second-order valence-electron chi connectivity index (χ2n) is 5.52. The Balaban J connectivity index is 3.16. The summed E-state index contributed by atoms with van der Waals surface area (Å²) < 4.78 is 27.6. The van der Waals surface area contributed by atoms with Crippen molar-refractivity contribution in [1.29, 1.82) is 0 Å². The molecule has 0 aliphatic heterocycles. The molecular formula is C13H17BrF2O. The molecular weight excluding hydrogens is 290 g/mol. The fourth-order valence-electron chi connectivity index (χ4n) is 1.34. The van der Waals surface area contributed by atoms with E-state index in [0.29, 0.717) is 0 Å². The normalized spacial score (nSPS) is 15.8. The first-order valence-corrected chi connectivity index (χ1v) is 6.20. The van der Waals surface area contributed by atoms with Crippen LogP contribution in [0.5, 0.6) is 0 Å². The van der Waals surface area contributed by atoms with Gasteiger partial charge in [0.15, 0.2) is 0 Å². The molecule has 1 nitrogen and oxygen atoms in total. The van der Waals surface area contributed by atoms with E-state index in [1.165, 1.54) is 12.1 Å². The number of hydrogen-bond acceptors (Lipinski definition) is 1. The van der Waals surface area contributed by atoms with Crippen LogP contribution in [0, 0.1) is 17.0 Å². The van der Waals surface area contributed by atoms with E-state index in [0.717, 1.165) is 0 Å². The molecule has 0 bridgehead atoms. The summed E-state index contributed by atoms with van der Waals surface area (Å²) in [5.41, 5.74) is -1.73. The Hall–Kier alpha value is -0.480. The summed E-state index contributed by atoms with van der Waals surface area (Å²) in [5, 5.41) is 10.3. The second kappa shape index (κ2) is 4.65. The number of hydrogen-bond donors (Lipinski definition) is 1. The number of halogens is 3. The van der Waals surface area contributed by atoms with Gasteiger partial charge in [-0.2, -0.15) is 0 Å². The smallest absolute Gasteiger partial charge is 0.143 e. The molecule has 0 saturated carbocycles. The van der Waals surface area contributed by atoms with Crippen LogP contribution < -0.4 is 0 Å². The third-order valence-corrected chi connectivity index (χ3v) is 3.89. The van der Waals surface area contributed by atoms with E-state index >= 15 is 0 Å². The molecule has 0 aliphatic carbocycles. The van der Waals surface area contributed by atoms with E-state index in [1.807, 2.05) is 20.8 Å². The summed E-state index contributed by atoms with van der Waals surface area (Å²) in [6, 6.07) is 2.52. The van der Waals surface area contributed by atoms with Crippen molar-refractivity contribution < 1.29 is 13.9 Å². The quantitative estimate of drug-likeness (QED) is 0.817. The number of rotatable bonds is 2. The molecule has 1 aromatic rings. The van der Waals surface area contributed by atoms with Gasteiger partial charge in [-0.15, -0.1) is 0 Å².